The number of aromatic amines is 1. The Labute approximate surface area is 70.8 Å². The number of aryl methyl sites for hydroxylation is 2. The Morgan fingerprint density at radius 2 is 1.92 bits per heavy atom. The Morgan fingerprint density at radius 1 is 1.17 bits per heavy atom. The summed E-state index contributed by atoms with van der Waals surface area (Å²) in [5.74, 6) is 0.356. The van der Waals surface area contributed by atoms with Gasteiger partial charge >= 0.3 is 0 Å². The van der Waals surface area contributed by atoms with Crippen LogP contribution in [-0.2, 0) is 0 Å². The van der Waals surface area contributed by atoms with Gasteiger partial charge in [-0.05, 0) is 31.0 Å². The standard InChI is InChI=1S/C10H11NO/c1-6-3-4-8(12)9-7(2)5-11-10(6)9/h3-5,11-12H,1-2H3. The number of fused-ring (bicyclic) bond motifs is 1. The van der Waals surface area contributed by atoms with Gasteiger partial charge in [0.1, 0.15) is 5.75 Å². The molecule has 0 radical (unpaired) electrons. The molecule has 0 fully saturated rings. The predicted octanol–water partition coefficient (Wildman–Crippen LogP) is 2.49. The topological polar surface area (TPSA) is 36.0 Å². The molecule has 0 amide bonds. The summed E-state index contributed by atoms with van der Waals surface area (Å²) in [6.07, 6.45) is 1.91. The quantitative estimate of drug-likeness (QED) is 0.611. The molecule has 0 saturated heterocycles. The molecule has 2 nitrogen and oxygen atoms in total. The summed E-state index contributed by atoms with van der Waals surface area (Å²) in [7, 11) is 0. The van der Waals surface area contributed by atoms with Crippen LogP contribution in [0.3, 0.4) is 0 Å². The maximum absolute atomic E-state index is 9.55. The average molecular weight is 161 g/mol. The largest absolute Gasteiger partial charge is 0.507 e. The van der Waals surface area contributed by atoms with Crippen molar-refractivity contribution in [2.24, 2.45) is 0 Å². The van der Waals surface area contributed by atoms with Crippen molar-refractivity contribution in [3.05, 3.63) is 29.5 Å². The van der Waals surface area contributed by atoms with Gasteiger partial charge in [0.2, 0.25) is 0 Å². The van der Waals surface area contributed by atoms with Gasteiger partial charge in [0.05, 0.1) is 5.52 Å². The summed E-state index contributed by atoms with van der Waals surface area (Å²) in [5, 5.41) is 10.5. The summed E-state index contributed by atoms with van der Waals surface area (Å²) in [4.78, 5) is 3.14. The van der Waals surface area contributed by atoms with Crippen molar-refractivity contribution in [2.45, 2.75) is 13.8 Å². The fourth-order valence-corrected chi connectivity index (χ4v) is 1.53. The lowest BCUT2D eigenvalue weighted by molar-refractivity contribution is 0.481. The van der Waals surface area contributed by atoms with E-state index in [2.05, 4.69) is 4.98 Å². The summed E-state index contributed by atoms with van der Waals surface area (Å²) in [5.41, 5.74) is 3.29. The SMILES string of the molecule is Cc1ccc(O)c2c(C)c[nH]c12. The maximum Gasteiger partial charge on any atom is 0.125 e. The lowest BCUT2D eigenvalue weighted by Gasteiger charge is -1.99. The highest BCUT2D eigenvalue weighted by Gasteiger charge is 2.05. The summed E-state index contributed by atoms with van der Waals surface area (Å²) in [6.45, 7) is 4.01. The average Bonchev–Trinajstić information content (AvgIpc) is 2.42. The zero-order valence-corrected chi connectivity index (χ0v) is 7.18. The fraction of sp³-hybridized carbons (Fsp3) is 0.200. The van der Waals surface area contributed by atoms with Gasteiger partial charge in [-0.2, -0.15) is 0 Å². The molecule has 1 aromatic carbocycles. The van der Waals surface area contributed by atoms with Gasteiger partial charge < -0.3 is 10.1 Å². The van der Waals surface area contributed by atoms with Crippen molar-refractivity contribution in [3.8, 4) is 5.75 Å². The number of hydrogen-bond donors (Lipinski definition) is 2. The van der Waals surface area contributed by atoms with E-state index in [9.17, 15) is 5.11 Å². The molecule has 2 N–H and O–H groups in total. The third-order valence-corrected chi connectivity index (χ3v) is 2.22. The first kappa shape index (κ1) is 7.22. The molecule has 1 aromatic heterocycles. The Bertz CT molecular complexity index is 429. The molecular formula is C10H11NO. The van der Waals surface area contributed by atoms with Gasteiger partial charge in [-0.1, -0.05) is 6.07 Å². The minimum absolute atomic E-state index is 0.356. The van der Waals surface area contributed by atoms with Crippen molar-refractivity contribution in [2.75, 3.05) is 0 Å². The molecular weight excluding hydrogens is 150 g/mol. The van der Waals surface area contributed by atoms with E-state index >= 15 is 0 Å². The molecule has 62 valence electrons. The second-order valence-electron chi connectivity index (χ2n) is 3.12. The minimum Gasteiger partial charge on any atom is -0.507 e. The van der Waals surface area contributed by atoms with Crippen molar-refractivity contribution in [3.63, 3.8) is 0 Å². The monoisotopic (exact) mass is 161 g/mol. The van der Waals surface area contributed by atoms with Crippen LogP contribution < -0.4 is 0 Å². The lowest BCUT2D eigenvalue weighted by Crippen LogP contribution is -1.76. The van der Waals surface area contributed by atoms with E-state index in [-0.39, 0.29) is 0 Å². The third kappa shape index (κ3) is 0.811. The van der Waals surface area contributed by atoms with Crippen molar-refractivity contribution in [1.29, 1.82) is 0 Å². The van der Waals surface area contributed by atoms with E-state index in [1.165, 1.54) is 0 Å². The van der Waals surface area contributed by atoms with Gasteiger partial charge in [-0.25, -0.2) is 0 Å². The Morgan fingerprint density at radius 3 is 2.58 bits per heavy atom. The van der Waals surface area contributed by atoms with Crippen molar-refractivity contribution in [1.82, 2.24) is 4.98 Å². The Kier molecular flexibility index (Phi) is 1.37. The molecule has 1 heterocycles. The van der Waals surface area contributed by atoms with E-state index in [4.69, 9.17) is 0 Å². The van der Waals surface area contributed by atoms with E-state index in [0.717, 1.165) is 22.0 Å². The van der Waals surface area contributed by atoms with Crippen LogP contribution in [0.2, 0.25) is 0 Å². The Balaban J connectivity index is 2.98. The molecule has 0 spiro atoms. The van der Waals surface area contributed by atoms with E-state index in [0.29, 0.717) is 5.75 Å². The van der Waals surface area contributed by atoms with Crippen molar-refractivity contribution < 1.29 is 5.11 Å². The van der Waals surface area contributed by atoms with Gasteiger partial charge in [0, 0.05) is 11.6 Å². The van der Waals surface area contributed by atoms with E-state index in [1.807, 2.05) is 26.1 Å². The van der Waals surface area contributed by atoms with Gasteiger partial charge in [-0.3, -0.25) is 0 Å². The molecule has 0 aliphatic carbocycles. The third-order valence-electron chi connectivity index (χ3n) is 2.22. The van der Waals surface area contributed by atoms with Gasteiger partial charge in [0.25, 0.3) is 0 Å². The Hall–Kier alpha value is -1.44. The molecule has 0 saturated carbocycles. The predicted molar refractivity (Wildman–Crippen MR) is 49.4 cm³/mol. The van der Waals surface area contributed by atoms with E-state index in [1.54, 1.807) is 6.07 Å². The van der Waals surface area contributed by atoms with Crippen LogP contribution in [0.25, 0.3) is 10.9 Å². The van der Waals surface area contributed by atoms with E-state index < -0.39 is 0 Å². The van der Waals surface area contributed by atoms with Crippen LogP contribution in [-0.4, -0.2) is 10.1 Å². The molecule has 0 atom stereocenters. The van der Waals surface area contributed by atoms with Crippen LogP contribution in [0.5, 0.6) is 5.75 Å². The van der Waals surface area contributed by atoms with Crippen LogP contribution in [0, 0.1) is 13.8 Å². The zero-order chi connectivity index (χ0) is 8.72. The molecule has 2 rings (SSSR count). The number of phenols is 1. The number of benzene rings is 1. The molecule has 2 heteroatoms. The lowest BCUT2D eigenvalue weighted by atomic mass is 10.1. The number of rotatable bonds is 0. The molecule has 0 unspecified atom stereocenters. The highest BCUT2D eigenvalue weighted by atomic mass is 16.3. The smallest absolute Gasteiger partial charge is 0.125 e. The number of hydrogen-bond acceptors (Lipinski definition) is 1. The first-order valence-corrected chi connectivity index (χ1v) is 3.96. The molecule has 0 aliphatic rings. The summed E-state index contributed by atoms with van der Waals surface area (Å²) in [6, 6.07) is 3.64. The van der Waals surface area contributed by atoms with Crippen LogP contribution in [0.1, 0.15) is 11.1 Å². The number of nitrogens with one attached hydrogen (secondary N) is 1. The highest BCUT2D eigenvalue weighted by molar-refractivity contribution is 5.91. The first-order chi connectivity index (χ1) is 5.70. The second kappa shape index (κ2) is 2.27. The number of aromatic nitrogens is 1. The second-order valence-corrected chi connectivity index (χ2v) is 3.12. The number of phenolic OH excluding ortho intramolecular Hbond substituents is 1. The van der Waals surface area contributed by atoms with Crippen molar-refractivity contribution >= 4 is 10.9 Å². The fourth-order valence-electron chi connectivity index (χ4n) is 1.53. The van der Waals surface area contributed by atoms with Crippen LogP contribution in [0.4, 0.5) is 0 Å². The van der Waals surface area contributed by atoms with Gasteiger partial charge in [0.15, 0.2) is 0 Å². The molecule has 0 aliphatic heterocycles. The maximum atomic E-state index is 9.55. The summed E-state index contributed by atoms with van der Waals surface area (Å²) >= 11 is 0. The molecule has 2 aromatic rings. The number of H-pyrrole nitrogens is 1. The minimum atomic E-state index is 0.356. The molecule has 12 heavy (non-hydrogen) atoms. The highest BCUT2D eigenvalue weighted by Crippen LogP contribution is 2.29. The number of aromatic hydroxyl groups is 1. The van der Waals surface area contributed by atoms with Crippen LogP contribution >= 0.6 is 0 Å². The zero-order valence-electron chi connectivity index (χ0n) is 7.18. The normalized spacial score (nSPS) is 10.8. The first-order valence-electron chi connectivity index (χ1n) is 3.96. The summed E-state index contributed by atoms with van der Waals surface area (Å²) < 4.78 is 0. The molecule has 0 bridgehead atoms. The van der Waals surface area contributed by atoms with Crippen LogP contribution in [0.15, 0.2) is 18.3 Å². The van der Waals surface area contributed by atoms with Gasteiger partial charge in [-0.15, -0.1) is 0 Å².